The van der Waals surface area contributed by atoms with Crippen molar-refractivity contribution in [2.24, 2.45) is 0 Å². The summed E-state index contributed by atoms with van der Waals surface area (Å²) in [6.07, 6.45) is 1.81. The molecule has 0 saturated heterocycles. The molecule has 0 N–H and O–H groups in total. The summed E-state index contributed by atoms with van der Waals surface area (Å²) in [5.74, 6) is 0. The van der Waals surface area contributed by atoms with Crippen LogP contribution in [0.15, 0.2) is 103 Å². The average Bonchev–Trinajstić information content (AvgIpc) is 2.74. The predicted octanol–water partition coefficient (Wildman–Crippen LogP) is 6.79. The summed E-state index contributed by atoms with van der Waals surface area (Å²) in [7, 11) is 0. The van der Waals surface area contributed by atoms with Gasteiger partial charge in [0.15, 0.2) is 0 Å². The van der Waals surface area contributed by atoms with Crippen LogP contribution in [0.2, 0.25) is 5.02 Å². The van der Waals surface area contributed by atoms with Crippen LogP contribution in [-0.2, 0) is 0 Å². The van der Waals surface area contributed by atoms with Crippen molar-refractivity contribution in [3.63, 3.8) is 0 Å². The molecule has 0 fully saturated rings. The number of hydrogen-bond acceptors (Lipinski definition) is 2. The fourth-order valence-electron chi connectivity index (χ4n) is 2.89. The maximum atomic E-state index is 5.99. The van der Waals surface area contributed by atoms with E-state index in [0.717, 1.165) is 32.7 Å². The minimum atomic E-state index is 0.734. The smallest absolute Gasteiger partial charge is 0.0710 e. The topological polar surface area (TPSA) is 25.8 Å². The Bertz CT molecular complexity index is 1140. The van der Waals surface area contributed by atoms with E-state index < -0.39 is 0 Å². The number of rotatable bonds is 1. The van der Waals surface area contributed by atoms with Crippen LogP contribution in [0.25, 0.3) is 33.1 Å². The Morgan fingerprint density at radius 3 is 2.07 bits per heavy atom. The first-order valence-corrected chi connectivity index (χ1v) is 9.09. The van der Waals surface area contributed by atoms with Crippen molar-refractivity contribution >= 4 is 33.4 Å². The Kier molecular flexibility index (Phi) is 5.08. The summed E-state index contributed by atoms with van der Waals surface area (Å²) >= 11 is 5.99. The van der Waals surface area contributed by atoms with E-state index in [4.69, 9.17) is 11.6 Å². The van der Waals surface area contributed by atoms with Gasteiger partial charge in [-0.2, -0.15) is 0 Å². The molecule has 0 amide bonds. The SMILES string of the molecule is Clc1cccc(-c2ccc3ccccc3n2)c1.c1ccc2ncccc2c1. The monoisotopic (exact) mass is 368 g/mol. The van der Waals surface area contributed by atoms with Crippen molar-refractivity contribution in [1.29, 1.82) is 0 Å². The van der Waals surface area contributed by atoms with Crippen molar-refractivity contribution < 1.29 is 0 Å². The van der Waals surface area contributed by atoms with Gasteiger partial charge in [-0.05, 0) is 36.4 Å². The molecule has 0 atom stereocenters. The molecule has 0 saturated carbocycles. The standard InChI is InChI=1S/C15H10ClN.C9H7N/c16-13-6-3-5-12(10-13)15-9-8-11-4-1-2-7-14(11)17-15;1-2-6-9-8(4-1)5-3-7-10-9/h1-10H;1-7H. The van der Waals surface area contributed by atoms with Crippen LogP contribution in [0.1, 0.15) is 0 Å². The lowest BCUT2D eigenvalue weighted by atomic mass is 10.1. The molecule has 0 aliphatic heterocycles. The van der Waals surface area contributed by atoms with Gasteiger partial charge in [-0.1, -0.05) is 72.3 Å². The van der Waals surface area contributed by atoms with Gasteiger partial charge in [0.2, 0.25) is 0 Å². The molecule has 3 heteroatoms. The van der Waals surface area contributed by atoms with Gasteiger partial charge in [0.25, 0.3) is 0 Å². The first-order valence-electron chi connectivity index (χ1n) is 8.71. The van der Waals surface area contributed by atoms with E-state index in [2.05, 4.69) is 34.2 Å². The lowest BCUT2D eigenvalue weighted by Crippen LogP contribution is -1.84. The average molecular weight is 369 g/mol. The predicted molar refractivity (Wildman–Crippen MR) is 114 cm³/mol. The minimum Gasteiger partial charge on any atom is -0.256 e. The highest BCUT2D eigenvalue weighted by atomic mass is 35.5. The highest BCUT2D eigenvalue weighted by molar-refractivity contribution is 6.30. The van der Waals surface area contributed by atoms with Gasteiger partial charge in [-0.25, -0.2) is 4.98 Å². The molecule has 130 valence electrons. The summed E-state index contributed by atoms with van der Waals surface area (Å²) in [5, 5.41) is 3.08. The molecule has 5 aromatic rings. The van der Waals surface area contributed by atoms with Gasteiger partial charge >= 0.3 is 0 Å². The van der Waals surface area contributed by atoms with Crippen LogP contribution in [0.4, 0.5) is 0 Å². The van der Waals surface area contributed by atoms with Crippen molar-refractivity contribution in [3.8, 4) is 11.3 Å². The summed E-state index contributed by atoms with van der Waals surface area (Å²) in [6, 6.07) is 32.0. The molecule has 27 heavy (non-hydrogen) atoms. The summed E-state index contributed by atoms with van der Waals surface area (Å²) in [5.41, 5.74) is 4.06. The summed E-state index contributed by atoms with van der Waals surface area (Å²) in [4.78, 5) is 8.81. The third kappa shape index (κ3) is 4.13. The molecule has 0 aliphatic rings. The molecular weight excluding hydrogens is 352 g/mol. The van der Waals surface area contributed by atoms with E-state index in [1.54, 1.807) is 0 Å². The maximum absolute atomic E-state index is 5.99. The lowest BCUT2D eigenvalue weighted by molar-refractivity contribution is 1.40. The molecule has 0 aliphatic carbocycles. The van der Waals surface area contributed by atoms with Crippen molar-refractivity contribution in [2.45, 2.75) is 0 Å². The molecule has 2 nitrogen and oxygen atoms in total. The van der Waals surface area contributed by atoms with Crippen LogP contribution in [0.3, 0.4) is 0 Å². The number of aromatic nitrogens is 2. The lowest BCUT2D eigenvalue weighted by Gasteiger charge is -2.03. The number of pyridine rings is 2. The Balaban J connectivity index is 0.000000153. The van der Waals surface area contributed by atoms with Gasteiger partial charge < -0.3 is 0 Å². The molecule has 2 aromatic heterocycles. The van der Waals surface area contributed by atoms with E-state index in [1.165, 1.54) is 5.39 Å². The third-order valence-electron chi connectivity index (χ3n) is 4.23. The second-order valence-corrected chi connectivity index (χ2v) is 6.53. The highest BCUT2D eigenvalue weighted by Gasteiger charge is 2.01. The van der Waals surface area contributed by atoms with E-state index in [-0.39, 0.29) is 0 Å². The number of halogens is 1. The van der Waals surface area contributed by atoms with Gasteiger partial charge in [0.05, 0.1) is 16.7 Å². The highest BCUT2D eigenvalue weighted by Crippen LogP contribution is 2.23. The number of nitrogens with zero attached hydrogens (tertiary/aromatic N) is 2. The summed E-state index contributed by atoms with van der Waals surface area (Å²) in [6.45, 7) is 0. The maximum Gasteiger partial charge on any atom is 0.0710 e. The van der Waals surface area contributed by atoms with Crippen LogP contribution in [-0.4, -0.2) is 9.97 Å². The van der Waals surface area contributed by atoms with Crippen LogP contribution >= 0.6 is 11.6 Å². The van der Waals surface area contributed by atoms with Gasteiger partial charge in [-0.15, -0.1) is 0 Å². The van der Waals surface area contributed by atoms with Crippen LogP contribution in [0, 0.1) is 0 Å². The summed E-state index contributed by atoms with van der Waals surface area (Å²) < 4.78 is 0. The first-order chi connectivity index (χ1) is 13.3. The Hall–Kier alpha value is -3.23. The molecule has 2 heterocycles. The Morgan fingerprint density at radius 1 is 0.593 bits per heavy atom. The van der Waals surface area contributed by atoms with Crippen LogP contribution < -0.4 is 0 Å². The second-order valence-electron chi connectivity index (χ2n) is 6.10. The minimum absolute atomic E-state index is 0.734. The fraction of sp³-hybridized carbons (Fsp3) is 0. The molecular formula is C24H17ClN2. The van der Waals surface area contributed by atoms with E-state index in [1.807, 2.05) is 79.0 Å². The fourth-order valence-corrected chi connectivity index (χ4v) is 3.08. The second kappa shape index (κ2) is 7.98. The largest absolute Gasteiger partial charge is 0.256 e. The number of benzene rings is 3. The van der Waals surface area contributed by atoms with Crippen molar-refractivity contribution in [1.82, 2.24) is 9.97 Å². The Morgan fingerprint density at radius 2 is 1.30 bits per heavy atom. The Labute approximate surface area is 163 Å². The third-order valence-corrected chi connectivity index (χ3v) is 4.47. The van der Waals surface area contributed by atoms with E-state index >= 15 is 0 Å². The molecule has 0 radical (unpaired) electrons. The van der Waals surface area contributed by atoms with Gasteiger partial charge in [0, 0.05) is 27.6 Å². The zero-order valence-corrected chi connectivity index (χ0v) is 15.3. The van der Waals surface area contributed by atoms with Crippen LogP contribution in [0.5, 0.6) is 0 Å². The molecule has 3 aromatic carbocycles. The molecule has 0 spiro atoms. The van der Waals surface area contributed by atoms with Crippen molar-refractivity contribution in [2.75, 3.05) is 0 Å². The zero-order chi connectivity index (χ0) is 18.5. The molecule has 0 unspecified atom stereocenters. The number of hydrogen-bond donors (Lipinski definition) is 0. The number of fused-ring (bicyclic) bond motifs is 2. The molecule has 5 rings (SSSR count). The van der Waals surface area contributed by atoms with Gasteiger partial charge in [-0.3, -0.25) is 4.98 Å². The van der Waals surface area contributed by atoms with Gasteiger partial charge in [0.1, 0.15) is 0 Å². The van der Waals surface area contributed by atoms with Crippen molar-refractivity contribution in [3.05, 3.63) is 108 Å². The van der Waals surface area contributed by atoms with E-state index in [9.17, 15) is 0 Å². The quantitative estimate of drug-likeness (QED) is 0.325. The first kappa shape index (κ1) is 17.2. The molecule has 0 bridgehead atoms. The number of para-hydroxylation sites is 2. The zero-order valence-electron chi connectivity index (χ0n) is 14.6. The van der Waals surface area contributed by atoms with E-state index in [0.29, 0.717) is 0 Å². The normalized spacial score (nSPS) is 10.4.